The van der Waals surface area contributed by atoms with Gasteiger partial charge in [-0.05, 0) is 60.9 Å². The molecule has 2 aromatic rings. The third kappa shape index (κ3) is 4.07. The van der Waals surface area contributed by atoms with E-state index in [0.29, 0.717) is 28.2 Å². The van der Waals surface area contributed by atoms with Crippen molar-refractivity contribution in [3.63, 3.8) is 0 Å². The van der Waals surface area contributed by atoms with Crippen LogP contribution in [0.15, 0.2) is 56.5 Å². The van der Waals surface area contributed by atoms with Crippen molar-refractivity contribution in [3.05, 3.63) is 57.8 Å². The molecule has 1 N–H and O–H groups in total. The van der Waals surface area contributed by atoms with Crippen molar-refractivity contribution in [1.82, 2.24) is 9.91 Å². The molecule has 1 fully saturated rings. The number of amides is 1. The number of piperidine rings is 1. The molecule has 11 heteroatoms. The van der Waals surface area contributed by atoms with Gasteiger partial charge in [0.05, 0.1) is 10.5 Å². The largest absolute Gasteiger partial charge is 0.457 e. The normalized spacial score (nSPS) is 20.2. The second-order valence-electron chi connectivity index (χ2n) is 8.08. The molecular formula is C22H20N6O4S. The van der Waals surface area contributed by atoms with Crippen LogP contribution in [-0.2, 0) is 4.79 Å². The molecule has 1 aromatic carbocycles. The number of carbonyl (C=O) groups excluding carboxylic acids is 1. The Morgan fingerprint density at radius 3 is 2.61 bits per heavy atom. The first kappa shape index (κ1) is 21.1. The number of fused-ring (bicyclic) bond motifs is 1. The standard InChI is InChI=1S/C22H20N6O4S/c1-13-8-10-26(11-9-13)22-25-27-19(23)17(20(29)24-21(27)33-22)12-16-6-7-18(32-16)14-2-4-15(5-3-14)28(30)31/h2-7,12-13,23H,8-11H2,1H3/b17-12+,23-19?. The Kier molecular flexibility index (Phi) is 5.33. The predicted octanol–water partition coefficient (Wildman–Crippen LogP) is 4.16. The number of hydrogen-bond donors (Lipinski definition) is 1. The smallest absolute Gasteiger partial charge is 0.283 e. The first-order valence-corrected chi connectivity index (χ1v) is 11.3. The fourth-order valence-electron chi connectivity index (χ4n) is 3.78. The zero-order valence-corrected chi connectivity index (χ0v) is 18.5. The van der Waals surface area contributed by atoms with Crippen LogP contribution in [0.2, 0.25) is 0 Å². The Morgan fingerprint density at radius 1 is 1.18 bits per heavy atom. The van der Waals surface area contributed by atoms with E-state index < -0.39 is 10.8 Å². The molecule has 0 saturated carbocycles. The number of likely N-dealkylation sites (tertiary alicyclic amines) is 1. The predicted molar refractivity (Wildman–Crippen MR) is 126 cm³/mol. The van der Waals surface area contributed by atoms with Crippen LogP contribution in [0.4, 0.5) is 5.69 Å². The summed E-state index contributed by atoms with van der Waals surface area (Å²) in [5.74, 6) is 0.983. The fraction of sp³-hybridized carbons (Fsp3) is 0.273. The number of nitrogens with zero attached hydrogens (tertiary/aromatic N) is 5. The van der Waals surface area contributed by atoms with Gasteiger partial charge in [-0.25, -0.2) is 0 Å². The van der Waals surface area contributed by atoms with Gasteiger partial charge in [-0.2, -0.15) is 10.0 Å². The van der Waals surface area contributed by atoms with Gasteiger partial charge in [0.1, 0.15) is 11.5 Å². The van der Waals surface area contributed by atoms with Crippen LogP contribution in [0, 0.1) is 21.4 Å². The van der Waals surface area contributed by atoms with Crippen LogP contribution >= 0.6 is 11.8 Å². The van der Waals surface area contributed by atoms with Gasteiger partial charge in [0.2, 0.25) is 5.17 Å². The maximum absolute atomic E-state index is 12.6. The van der Waals surface area contributed by atoms with E-state index in [-0.39, 0.29) is 17.1 Å². The number of aliphatic imine (C=N–C) groups is 1. The molecule has 0 atom stereocenters. The summed E-state index contributed by atoms with van der Waals surface area (Å²) in [6, 6.07) is 9.37. The maximum Gasteiger partial charge on any atom is 0.283 e. The molecule has 5 rings (SSSR count). The number of hydrazone groups is 1. The molecule has 1 amide bonds. The Hall–Kier alpha value is -3.73. The molecule has 4 heterocycles. The van der Waals surface area contributed by atoms with Crippen LogP contribution in [0.5, 0.6) is 0 Å². The van der Waals surface area contributed by atoms with Crippen LogP contribution in [0.3, 0.4) is 0 Å². The number of benzene rings is 1. The van der Waals surface area contributed by atoms with Crippen molar-refractivity contribution in [1.29, 1.82) is 5.41 Å². The Bertz CT molecular complexity index is 1240. The van der Waals surface area contributed by atoms with E-state index in [1.807, 2.05) is 0 Å². The first-order chi connectivity index (χ1) is 15.9. The van der Waals surface area contributed by atoms with Crippen molar-refractivity contribution in [2.24, 2.45) is 16.0 Å². The van der Waals surface area contributed by atoms with Gasteiger partial charge in [0.15, 0.2) is 11.0 Å². The van der Waals surface area contributed by atoms with E-state index in [2.05, 4.69) is 21.9 Å². The van der Waals surface area contributed by atoms with Gasteiger partial charge in [0, 0.05) is 30.8 Å². The highest BCUT2D eigenvalue weighted by Crippen LogP contribution is 2.32. The molecule has 168 valence electrons. The van der Waals surface area contributed by atoms with E-state index in [9.17, 15) is 14.9 Å². The summed E-state index contributed by atoms with van der Waals surface area (Å²) in [4.78, 5) is 29.3. The number of furan rings is 1. The lowest BCUT2D eigenvalue weighted by molar-refractivity contribution is -0.384. The van der Waals surface area contributed by atoms with Crippen LogP contribution in [0.25, 0.3) is 17.4 Å². The number of nitro benzene ring substituents is 1. The lowest BCUT2D eigenvalue weighted by Crippen LogP contribution is -2.36. The highest BCUT2D eigenvalue weighted by Gasteiger charge is 2.38. The van der Waals surface area contributed by atoms with Gasteiger partial charge in [-0.1, -0.05) is 6.92 Å². The number of hydrogen-bond acceptors (Lipinski definition) is 8. The van der Waals surface area contributed by atoms with Crippen molar-refractivity contribution in [2.75, 3.05) is 13.1 Å². The number of nitrogens with one attached hydrogen (secondary N) is 1. The number of rotatable bonds is 3. The summed E-state index contributed by atoms with van der Waals surface area (Å²) < 4.78 is 5.80. The molecule has 1 aromatic heterocycles. The van der Waals surface area contributed by atoms with Crippen molar-refractivity contribution < 1.29 is 14.1 Å². The molecule has 10 nitrogen and oxygen atoms in total. The molecule has 0 aliphatic carbocycles. The number of amidine groups is 3. The first-order valence-electron chi connectivity index (χ1n) is 10.5. The summed E-state index contributed by atoms with van der Waals surface area (Å²) in [7, 11) is 0. The second-order valence-corrected chi connectivity index (χ2v) is 9.01. The maximum atomic E-state index is 12.6. The monoisotopic (exact) mass is 464 g/mol. The summed E-state index contributed by atoms with van der Waals surface area (Å²) in [5.41, 5.74) is 0.739. The Morgan fingerprint density at radius 2 is 1.91 bits per heavy atom. The summed E-state index contributed by atoms with van der Waals surface area (Å²) in [6.45, 7) is 4.03. The number of carbonyl (C=O) groups is 1. The van der Waals surface area contributed by atoms with E-state index >= 15 is 0 Å². The Labute approximate surface area is 193 Å². The molecule has 0 unspecified atom stereocenters. The van der Waals surface area contributed by atoms with E-state index in [1.165, 1.54) is 35.0 Å². The summed E-state index contributed by atoms with van der Waals surface area (Å²) >= 11 is 1.31. The zero-order valence-electron chi connectivity index (χ0n) is 17.7. The van der Waals surface area contributed by atoms with Gasteiger partial charge in [-0.3, -0.25) is 20.3 Å². The minimum Gasteiger partial charge on any atom is -0.457 e. The van der Waals surface area contributed by atoms with Gasteiger partial charge < -0.3 is 9.32 Å². The van der Waals surface area contributed by atoms with Crippen LogP contribution < -0.4 is 0 Å². The molecule has 0 radical (unpaired) electrons. The molecular weight excluding hydrogens is 444 g/mol. The topological polar surface area (TPSA) is 128 Å². The minimum absolute atomic E-state index is 0.00923. The van der Waals surface area contributed by atoms with Crippen molar-refractivity contribution >= 4 is 45.6 Å². The van der Waals surface area contributed by atoms with Crippen LogP contribution in [0.1, 0.15) is 25.5 Å². The highest BCUT2D eigenvalue weighted by molar-refractivity contribution is 8.26. The van der Waals surface area contributed by atoms with E-state index in [4.69, 9.17) is 9.83 Å². The molecule has 0 bridgehead atoms. The number of nitro groups is 1. The molecule has 3 aliphatic rings. The minimum atomic E-state index is -0.518. The third-order valence-corrected chi connectivity index (χ3v) is 6.74. The zero-order chi connectivity index (χ0) is 23.1. The summed E-state index contributed by atoms with van der Waals surface area (Å²) in [5, 5.41) is 26.5. The average molecular weight is 465 g/mol. The lowest BCUT2D eigenvalue weighted by Gasteiger charge is -2.30. The quantitative estimate of drug-likeness (QED) is 0.410. The fourth-order valence-corrected chi connectivity index (χ4v) is 4.73. The van der Waals surface area contributed by atoms with Crippen LogP contribution in [-0.4, -0.2) is 50.0 Å². The molecule has 3 aliphatic heterocycles. The van der Waals surface area contributed by atoms with Gasteiger partial charge in [0.25, 0.3) is 11.6 Å². The molecule has 33 heavy (non-hydrogen) atoms. The molecule has 1 saturated heterocycles. The third-order valence-electron chi connectivity index (χ3n) is 5.77. The number of non-ortho nitro benzene ring substituents is 1. The summed E-state index contributed by atoms with van der Waals surface area (Å²) in [6.07, 6.45) is 3.65. The Balaban J connectivity index is 1.36. The van der Waals surface area contributed by atoms with E-state index in [1.54, 1.807) is 24.3 Å². The highest BCUT2D eigenvalue weighted by atomic mass is 32.2. The number of thioether (sulfide) groups is 1. The van der Waals surface area contributed by atoms with Gasteiger partial charge in [-0.15, -0.1) is 5.10 Å². The SMILES string of the molecule is CC1CCN(C2=NN3C(=N)/C(=C\c4ccc(-c5ccc([N+](=O)[O-])cc5)o4)C(=O)N=C3S2)CC1. The second kappa shape index (κ2) is 8.32. The van der Waals surface area contributed by atoms with Gasteiger partial charge >= 0.3 is 0 Å². The average Bonchev–Trinajstić information content (AvgIpc) is 3.45. The van der Waals surface area contributed by atoms with E-state index in [0.717, 1.165) is 31.1 Å². The molecule has 0 spiro atoms. The van der Waals surface area contributed by atoms with Crippen molar-refractivity contribution in [2.45, 2.75) is 19.8 Å². The van der Waals surface area contributed by atoms with Crippen molar-refractivity contribution in [3.8, 4) is 11.3 Å². The lowest BCUT2D eigenvalue weighted by atomic mass is 10.00.